The first-order valence-electron chi connectivity index (χ1n) is 5.86. The molecule has 0 aromatic rings. The summed E-state index contributed by atoms with van der Waals surface area (Å²) in [7, 11) is -1.60. The van der Waals surface area contributed by atoms with Gasteiger partial charge in [0.1, 0.15) is 0 Å². The van der Waals surface area contributed by atoms with E-state index in [9.17, 15) is 8.42 Å². The molecular weight excluding hydrogens is 264 g/mol. The van der Waals surface area contributed by atoms with Crippen molar-refractivity contribution in [1.82, 2.24) is 9.62 Å². The van der Waals surface area contributed by atoms with Crippen LogP contribution in [0.4, 0.5) is 0 Å². The molecule has 17 heavy (non-hydrogen) atoms. The van der Waals surface area contributed by atoms with E-state index in [4.69, 9.17) is 4.74 Å². The third-order valence-electron chi connectivity index (χ3n) is 3.45. The van der Waals surface area contributed by atoms with Gasteiger partial charge in [-0.25, -0.2) is 8.42 Å². The second-order valence-electron chi connectivity index (χ2n) is 4.52. The van der Waals surface area contributed by atoms with Crippen molar-refractivity contribution in [3.05, 3.63) is 0 Å². The van der Waals surface area contributed by atoms with Crippen LogP contribution in [-0.2, 0) is 14.8 Å². The van der Waals surface area contributed by atoms with Gasteiger partial charge >= 0.3 is 0 Å². The molecular formula is C10H21ClN2O3S. The lowest BCUT2D eigenvalue weighted by Gasteiger charge is -2.26. The maximum Gasteiger partial charge on any atom is 0.216 e. The molecule has 2 heterocycles. The third-order valence-corrected chi connectivity index (χ3v) is 5.38. The average Bonchev–Trinajstić information content (AvgIpc) is 2.50. The summed E-state index contributed by atoms with van der Waals surface area (Å²) in [6, 6.07) is 0.371. The van der Waals surface area contributed by atoms with Crippen molar-refractivity contribution in [2.24, 2.45) is 0 Å². The molecule has 0 aliphatic carbocycles. The van der Waals surface area contributed by atoms with Crippen LogP contribution in [0.5, 0.6) is 0 Å². The van der Waals surface area contributed by atoms with E-state index in [-0.39, 0.29) is 36.9 Å². The predicted molar refractivity (Wildman–Crippen MR) is 69.0 cm³/mol. The number of nitrogens with zero attached hydrogens (tertiary/aromatic N) is 1. The molecule has 5 nitrogen and oxygen atoms in total. The Morgan fingerprint density at radius 3 is 2.71 bits per heavy atom. The Bertz CT molecular complexity index is 322. The number of fused-ring (bicyclic) bond motifs is 2. The van der Waals surface area contributed by atoms with E-state index >= 15 is 0 Å². The SMILES string of the molecule is COCCS(=O)(=O)N1C2CCNCC1CC2.Cl. The highest BCUT2D eigenvalue weighted by atomic mass is 35.5. The molecule has 0 amide bonds. The average molecular weight is 285 g/mol. The van der Waals surface area contributed by atoms with Crippen LogP contribution in [0.15, 0.2) is 0 Å². The lowest BCUT2D eigenvalue weighted by atomic mass is 10.1. The monoisotopic (exact) mass is 284 g/mol. The summed E-state index contributed by atoms with van der Waals surface area (Å²) >= 11 is 0. The number of rotatable bonds is 4. The van der Waals surface area contributed by atoms with Gasteiger partial charge < -0.3 is 10.1 Å². The smallest absolute Gasteiger partial charge is 0.216 e. The highest BCUT2D eigenvalue weighted by Crippen LogP contribution is 2.30. The molecule has 0 saturated carbocycles. The zero-order chi connectivity index (χ0) is 11.6. The van der Waals surface area contributed by atoms with Gasteiger partial charge in [-0.15, -0.1) is 12.4 Å². The van der Waals surface area contributed by atoms with Gasteiger partial charge in [-0.1, -0.05) is 0 Å². The zero-order valence-corrected chi connectivity index (χ0v) is 11.7. The van der Waals surface area contributed by atoms with Crippen molar-refractivity contribution in [3.8, 4) is 0 Å². The molecule has 0 radical (unpaired) electrons. The molecule has 2 rings (SSSR count). The summed E-state index contributed by atoms with van der Waals surface area (Å²) in [6.07, 6.45) is 2.94. The van der Waals surface area contributed by atoms with Gasteiger partial charge in [0.25, 0.3) is 0 Å². The molecule has 2 fully saturated rings. The standard InChI is InChI=1S/C10H20N2O3S.ClH/c1-15-6-7-16(13,14)12-9-2-3-10(12)8-11-5-4-9;/h9-11H,2-8H2,1H3;1H. The van der Waals surface area contributed by atoms with Crippen LogP contribution in [0.3, 0.4) is 0 Å². The van der Waals surface area contributed by atoms with Gasteiger partial charge in [-0.05, 0) is 25.8 Å². The summed E-state index contributed by atoms with van der Waals surface area (Å²) in [6.45, 7) is 2.01. The summed E-state index contributed by atoms with van der Waals surface area (Å²) < 4.78 is 31.0. The second-order valence-corrected chi connectivity index (χ2v) is 6.51. The Hall–Kier alpha value is 0.120. The molecule has 102 valence electrons. The van der Waals surface area contributed by atoms with E-state index in [0.29, 0.717) is 0 Å². The number of hydrogen-bond acceptors (Lipinski definition) is 4. The molecule has 1 N–H and O–H groups in total. The number of nitrogens with one attached hydrogen (secondary N) is 1. The lowest BCUT2D eigenvalue weighted by molar-refractivity contribution is 0.214. The fourth-order valence-electron chi connectivity index (χ4n) is 2.69. The van der Waals surface area contributed by atoms with Gasteiger partial charge in [-0.3, -0.25) is 0 Å². The Kier molecular flexibility index (Phi) is 5.66. The predicted octanol–water partition coefficient (Wildman–Crippen LogP) is 0.211. The van der Waals surface area contributed by atoms with Crippen molar-refractivity contribution < 1.29 is 13.2 Å². The number of methoxy groups -OCH3 is 1. The van der Waals surface area contributed by atoms with Crippen LogP contribution >= 0.6 is 12.4 Å². The molecule has 2 bridgehead atoms. The Morgan fingerprint density at radius 1 is 1.29 bits per heavy atom. The van der Waals surface area contributed by atoms with Crippen LogP contribution in [0.2, 0.25) is 0 Å². The molecule has 2 saturated heterocycles. The van der Waals surface area contributed by atoms with Crippen LogP contribution in [-0.4, -0.2) is 57.4 Å². The largest absolute Gasteiger partial charge is 0.384 e. The summed E-state index contributed by atoms with van der Waals surface area (Å²) in [5, 5.41) is 3.30. The summed E-state index contributed by atoms with van der Waals surface area (Å²) in [5.41, 5.74) is 0. The topological polar surface area (TPSA) is 58.6 Å². The molecule has 2 atom stereocenters. The minimum atomic E-state index is -3.14. The summed E-state index contributed by atoms with van der Waals surface area (Å²) in [5.74, 6) is 0.108. The summed E-state index contributed by atoms with van der Waals surface area (Å²) in [4.78, 5) is 0. The second kappa shape index (κ2) is 6.33. The molecule has 0 spiro atoms. The number of hydrogen-bond donors (Lipinski definition) is 1. The zero-order valence-electron chi connectivity index (χ0n) is 10.1. The van der Waals surface area contributed by atoms with Crippen molar-refractivity contribution in [1.29, 1.82) is 0 Å². The lowest BCUT2D eigenvalue weighted by Crippen LogP contribution is -2.44. The molecule has 0 aromatic heterocycles. The first-order valence-corrected chi connectivity index (χ1v) is 7.47. The molecule has 0 aromatic carbocycles. The van der Waals surface area contributed by atoms with E-state index in [1.165, 1.54) is 7.11 Å². The first kappa shape index (κ1) is 15.2. The van der Waals surface area contributed by atoms with Crippen molar-refractivity contribution in [2.45, 2.75) is 31.3 Å². The maximum absolute atomic E-state index is 12.2. The van der Waals surface area contributed by atoms with Crippen molar-refractivity contribution in [2.75, 3.05) is 32.6 Å². The fourth-order valence-corrected chi connectivity index (χ4v) is 4.57. The minimum absolute atomic E-state index is 0. The molecule has 7 heteroatoms. The van der Waals surface area contributed by atoms with Gasteiger partial charge in [0.2, 0.25) is 10.0 Å². The van der Waals surface area contributed by atoms with Crippen LogP contribution < -0.4 is 5.32 Å². The van der Waals surface area contributed by atoms with Crippen molar-refractivity contribution in [3.63, 3.8) is 0 Å². The van der Waals surface area contributed by atoms with E-state index in [1.54, 1.807) is 4.31 Å². The van der Waals surface area contributed by atoms with E-state index in [1.807, 2.05) is 0 Å². The first-order chi connectivity index (χ1) is 7.65. The van der Waals surface area contributed by atoms with Gasteiger partial charge in [0, 0.05) is 25.7 Å². The van der Waals surface area contributed by atoms with E-state index in [0.717, 1.165) is 32.4 Å². The molecule has 2 aliphatic rings. The van der Waals surface area contributed by atoms with Gasteiger partial charge in [0.15, 0.2) is 0 Å². The molecule has 2 unspecified atom stereocenters. The van der Waals surface area contributed by atoms with E-state index < -0.39 is 10.0 Å². The highest BCUT2D eigenvalue weighted by molar-refractivity contribution is 7.89. The quantitative estimate of drug-likeness (QED) is 0.802. The van der Waals surface area contributed by atoms with Gasteiger partial charge in [-0.2, -0.15) is 4.31 Å². The maximum atomic E-state index is 12.2. The Balaban J connectivity index is 0.00000144. The van der Waals surface area contributed by atoms with Crippen LogP contribution in [0, 0.1) is 0 Å². The third kappa shape index (κ3) is 3.32. The van der Waals surface area contributed by atoms with Crippen LogP contribution in [0.1, 0.15) is 19.3 Å². The Morgan fingerprint density at radius 2 is 2.00 bits per heavy atom. The number of sulfonamides is 1. The van der Waals surface area contributed by atoms with Gasteiger partial charge in [0.05, 0.1) is 12.4 Å². The molecule has 2 aliphatic heterocycles. The minimum Gasteiger partial charge on any atom is -0.384 e. The van der Waals surface area contributed by atoms with E-state index in [2.05, 4.69) is 5.32 Å². The normalized spacial score (nSPS) is 29.7. The highest BCUT2D eigenvalue weighted by Gasteiger charge is 2.41. The Labute approximate surface area is 109 Å². The van der Waals surface area contributed by atoms with Crippen LogP contribution in [0.25, 0.3) is 0 Å². The number of halogens is 1. The fraction of sp³-hybridized carbons (Fsp3) is 1.00. The number of ether oxygens (including phenoxy) is 1. The van der Waals surface area contributed by atoms with Crippen molar-refractivity contribution >= 4 is 22.4 Å².